The molecule has 0 unspecified atom stereocenters. The van der Waals surface area contributed by atoms with Crippen LogP contribution in [-0.4, -0.2) is 24.9 Å². The van der Waals surface area contributed by atoms with Crippen molar-refractivity contribution in [2.45, 2.75) is 19.4 Å². The first-order valence-corrected chi connectivity index (χ1v) is 10.9. The SMILES string of the molecule is O=C(/C=C/c1ccccc1)Nc1ccc(N2CCCC2)c(C(=O)NCc2ccccc2)c1. The van der Waals surface area contributed by atoms with Gasteiger partial charge in [0.15, 0.2) is 0 Å². The zero-order chi connectivity index (χ0) is 22.2. The van der Waals surface area contributed by atoms with Crippen molar-refractivity contribution in [1.29, 1.82) is 0 Å². The van der Waals surface area contributed by atoms with E-state index in [1.807, 2.05) is 72.8 Å². The summed E-state index contributed by atoms with van der Waals surface area (Å²) in [5, 5.41) is 5.89. The zero-order valence-electron chi connectivity index (χ0n) is 18.0. The van der Waals surface area contributed by atoms with Gasteiger partial charge in [-0.15, -0.1) is 0 Å². The molecule has 1 heterocycles. The van der Waals surface area contributed by atoms with Crippen LogP contribution in [0, 0.1) is 0 Å². The molecule has 1 aliphatic rings. The Morgan fingerprint density at radius 3 is 2.28 bits per heavy atom. The van der Waals surface area contributed by atoms with Gasteiger partial charge in [0.1, 0.15) is 0 Å². The number of amides is 2. The highest BCUT2D eigenvalue weighted by molar-refractivity contribution is 6.05. The zero-order valence-corrected chi connectivity index (χ0v) is 18.0. The van der Waals surface area contributed by atoms with Crippen LogP contribution < -0.4 is 15.5 Å². The molecule has 5 heteroatoms. The van der Waals surface area contributed by atoms with E-state index in [4.69, 9.17) is 0 Å². The summed E-state index contributed by atoms with van der Waals surface area (Å²) in [7, 11) is 0. The Bertz CT molecular complexity index is 1090. The number of benzene rings is 3. The molecule has 0 spiro atoms. The van der Waals surface area contributed by atoms with Gasteiger partial charge in [-0.1, -0.05) is 60.7 Å². The number of carbonyl (C=O) groups is 2. The Balaban J connectivity index is 1.50. The molecule has 32 heavy (non-hydrogen) atoms. The molecule has 162 valence electrons. The van der Waals surface area contributed by atoms with E-state index in [0.717, 1.165) is 42.7 Å². The number of hydrogen-bond acceptors (Lipinski definition) is 3. The molecule has 0 aliphatic carbocycles. The quantitative estimate of drug-likeness (QED) is 0.531. The molecule has 2 amide bonds. The lowest BCUT2D eigenvalue weighted by Crippen LogP contribution is -2.27. The predicted octanol–water partition coefficient (Wildman–Crippen LogP) is 4.87. The van der Waals surface area contributed by atoms with Crippen LogP contribution in [0.2, 0.25) is 0 Å². The molecule has 1 fully saturated rings. The highest BCUT2D eigenvalue weighted by Gasteiger charge is 2.20. The summed E-state index contributed by atoms with van der Waals surface area (Å²) in [5.74, 6) is -0.384. The molecule has 0 aromatic heterocycles. The van der Waals surface area contributed by atoms with Crippen molar-refractivity contribution in [2.24, 2.45) is 0 Å². The van der Waals surface area contributed by atoms with Gasteiger partial charge in [-0.25, -0.2) is 0 Å². The number of rotatable bonds is 7. The van der Waals surface area contributed by atoms with Crippen molar-refractivity contribution < 1.29 is 9.59 Å². The van der Waals surface area contributed by atoms with Crippen molar-refractivity contribution in [3.63, 3.8) is 0 Å². The third-order valence-electron chi connectivity index (χ3n) is 5.48. The Morgan fingerprint density at radius 1 is 0.875 bits per heavy atom. The van der Waals surface area contributed by atoms with Crippen LogP contribution in [0.1, 0.15) is 34.3 Å². The van der Waals surface area contributed by atoms with Crippen molar-refractivity contribution in [2.75, 3.05) is 23.3 Å². The molecule has 1 aliphatic heterocycles. The summed E-state index contributed by atoms with van der Waals surface area (Å²) >= 11 is 0. The molecule has 5 nitrogen and oxygen atoms in total. The Hall–Kier alpha value is -3.86. The number of anilines is 2. The van der Waals surface area contributed by atoms with E-state index in [-0.39, 0.29) is 11.8 Å². The van der Waals surface area contributed by atoms with Crippen molar-refractivity contribution >= 4 is 29.3 Å². The van der Waals surface area contributed by atoms with E-state index in [1.54, 1.807) is 12.1 Å². The lowest BCUT2D eigenvalue weighted by molar-refractivity contribution is -0.111. The summed E-state index contributed by atoms with van der Waals surface area (Å²) in [6.07, 6.45) is 5.50. The fraction of sp³-hybridized carbons (Fsp3) is 0.185. The molecule has 0 radical (unpaired) electrons. The largest absolute Gasteiger partial charge is 0.371 e. The lowest BCUT2D eigenvalue weighted by atomic mass is 10.1. The molecule has 3 aromatic rings. The average Bonchev–Trinajstić information content (AvgIpc) is 3.37. The maximum Gasteiger partial charge on any atom is 0.253 e. The van der Waals surface area contributed by atoms with Gasteiger partial charge in [-0.3, -0.25) is 9.59 Å². The summed E-state index contributed by atoms with van der Waals surface area (Å²) < 4.78 is 0. The van der Waals surface area contributed by atoms with Crippen molar-refractivity contribution in [1.82, 2.24) is 5.32 Å². The third-order valence-corrected chi connectivity index (χ3v) is 5.48. The van der Waals surface area contributed by atoms with E-state index < -0.39 is 0 Å². The second kappa shape index (κ2) is 10.4. The first kappa shape index (κ1) is 21.4. The van der Waals surface area contributed by atoms with Gasteiger partial charge in [0.2, 0.25) is 5.91 Å². The lowest BCUT2D eigenvalue weighted by Gasteiger charge is -2.22. The van der Waals surface area contributed by atoms with Gasteiger partial charge in [-0.05, 0) is 48.2 Å². The topological polar surface area (TPSA) is 61.4 Å². The van der Waals surface area contributed by atoms with E-state index in [1.165, 1.54) is 6.08 Å². The monoisotopic (exact) mass is 425 g/mol. The van der Waals surface area contributed by atoms with Gasteiger partial charge in [0.05, 0.1) is 5.56 Å². The van der Waals surface area contributed by atoms with Crippen molar-refractivity contribution in [3.8, 4) is 0 Å². The van der Waals surface area contributed by atoms with Crippen LogP contribution in [0.15, 0.2) is 84.9 Å². The average molecular weight is 426 g/mol. The molecule has 0 atom stereocenters. The maximum absolute atomic E-state index is 13.1. The minimum absolute atomic E-state index is 0.147. The van der Waals surface area contributed by atoms with E-state index in [2.05, 4.69) is 15.5 Å². The van der Waals surface area contributed by atoms with Crippen LogP contribution in [0.25, 0.3) is 6.08 Å². The second-order valence-corrected chi connectivity index (χ2v) is 7.83. The number of nitrogens with one attached hydrogen (secondary N) is 2. The molecule has 0 saturated carbocycles. The van der Waals surface area contributed by atoms with Crippen LogP contribution in [0.5, 0.6) is 0 Å². The molecule has 3 aromatic carbocycles. The smallest absolute Gasteiger partial charge is 0.253 e. The molecule has 1 saturated heterocycles. The molecule has 2 N–H and O–H groups in total. The van der Waals surface area contributed by atoms with Gasteiger partial charge in [0, 0.05) is 37.1 Å². The number of hydrogen-bond donors (Lipinski definition) is 2. The summed E-state index contributed by atoms with van der Waals surface area (Å²) in [4.78, 5) is 27.7. The highest BCUT2D eigenvalue weighted by atomic mass is 16.2. The van der Waals surface area contributed by atoms with Gasteiger partial charge in [0.25, 0.3) is 5.91 Å². The fourth-order valence-corrected chi connectivity index (χ4v) is 3.82. The second-order valence-electron chi connectivity index (χ2n) is 7.83. The Kier molecular flexibility index (Phi) is 6.98. The minimum atomic E-state index is -0.238. The number of nitrogens with zero attached hydrogens (tertiary/aromatic N) is 1. The first-order valence-electron chi connectivity index (χ1n) is 10.9. The van der Waals surface area contributed by atoms with Gasteiger partial charge in [-0.2, -0.15) is 0 Å². The van der Waals surface area contributed by atoms with E-state index >= 15 is 0 Å². The molecule has 0 bridgehead atoms. The van der Waals surface area contributed by atoms with Crippen LogP contribution in [0.4, 0.5) is 11.4 Å². The predicted molar refractivity (Wildman–Crippen MR) is 130 cm³/mol. The fourth-order valence-electron chi connectivity index (χ4n) is 3.82. The maximum atomic E-state index is 13.1. The highest BCUT2D eigenvalue weighted by Crippen LogP contribution is 2.27. The summed E-state index contributed by atoms with van der Waals surface area (Å²) in [5.41, 5.74) is 4.08. The van der Waals surface area contributed by atoms with Gasteiger partial charge < -0.3 is 15.5 Å². The first-order chi connectivity index (χ1) is 15.7. The molecular weight excluding hydrogens is 398 g/mol. The van der Waals surface area contributed by atoms with Crippen molar-refractivity contribution in [3.05, 3.63) is 102 Å². The number of carbonyl (C=O) groups excluding carboxylic acids is 2. The standard InChI is InChI=1S/C27H27N3O2/c31-26(16-13-21-9-3-1-4-10-21)29-23-14-15-25(30-17-7-8-18-30)24(19-23)27(32)28-20-22-11-5-2-6-12-22/h1-6,9-16,19H,7-8,17-18,20H2,(H,28,32)(H,29,31)/b16-13+. The van der Waals surface area contributed by atoms with Gasteiger partial charge >= 0.3 is 0 Å². The molecular formula is C27H27N3O2. The molecule has 4 rings (SSSR count). The normalized spacial score (nSPS) is 13.3. The summed E-state index contributed by atoms with van der Waals surface area (Å²) in [6.45, 7) is 2.32. The van der Waals surface area contributed by atoms with Crippen LogP contribution in [-0.2, 0) is 11.3 Å². The van der Waals surface area contributed by atoms with E-state index in [9.17, 15) is 9.59 Å². The minimum Gasteiger partial charge on any atom is -0.371 e. The third kappa shape index (κ3) is 5.64. The van der Waals surface area contributed by atoms with E-state index in [0.29, 0.717) is 17.8 Å². The summed E-state index contributed by atoms with van der Waals surface area (Å²) in [6, 6.07) is 25.0. The van der Waals surface area contributed by atoms with Crippen LogP contribution in [0.3, 0.4) is 0 Å². The Labute approximate surface area is 188 Å². The van der Waals surface area contributed by atoms with Crippen LogP contribution >= 0.6 is 0 Å². The Morgan fingerprint density at radius 2 is 1.56 bits per heavy atom.